The molecule has 0 unspecified atom stereocenters. The second kappa shape index (κ2) is 8.74. The Kier molecular flexibility index (Phi) is 8.57. The highest BCUT2D eigenvalue weighted by Crippen LogP contribution is 2.18. The first-order chi connectivity index (χ1) is 8.20. The Morgan fingerprint density at radius 3 is 2.47 bits per heavy atom. The summed E-state index contributed by atoms with van der Waals surface area (Å²) in [7, 11) is 0. The third kappa shape index (κ3) is 4.91. The zero-order valence-electron chi connectivity index (χ0n) is 10.4. The van der Waals surface area contributed by atoms with Gasteiger partial charge in [-0.15, -0.1) is 24.8 Å². The molecule has 2 rings (SSSR count). The van der Waals surface area contributed by atoms with Gasteiger partial charge in [-0.3, -0.25) is 4.79 Å². The van der Waals surface area contributed by atoms with E-state index in [1.165, 1.54) is 0 Å². The molecular weight excluding hydrogens is 353 g/mol. The summed E-state index contributed by atoms with van der Waals surface area (Å²) in [6, 6.07) is 3.59. The van der Waals surface area contributed by atoms with E-state index in [0.29, 0.717) is 11.6 Å². The van der Waals surface area contributed by atoms with Gasteiger partial charge in [-0.25, -0.2) is 4.98 Å². The highest BCUT2D eigenvalue weighted by Gasteiger charge is 2.23. The van der Waals surface area contributed by atoms with Crippen LogP contribution in [0, 0.1) is 5.92 Å². The summed E-state index contributed by atoms with van der Waals surface area (Å²) >= 11 is 3.31. The summed E-state index contributed by atoms with van der Waals surface area (Å²) in [5.41, 5.74) is 6.14. The molecule has 1 saturated heterocycles. The molecule has 1 aromatic rings. The molecule has 19 heavy (non-hydrogen) atoms. The molecular formula is C12H18BrCl2N3O. The lowest BCUT2D eigenvalue weighted by Gasteiger charge is -2.31. The van der Waals surface area contributed by atoms with Gasteiger partial charge in [-0.2, -0.15) is 0 Å². The molecule has 2 N–H and O–H groups in total. The van der Waals surface area contributed by atoms with Crippen molar-refractivity contribution in [3.63, 3.8) is 0 Å². The van der Waals surface area contributed by atoms with Crippen LogP contribution in [-0.2, 0) is 0 Å². The lowest BCUT2D eigenvalue weighted by atomic mass is 9.97. The van der Waals surface area contributed by atoms with Crippen molar-refractivity contribution in [3.8, 4) is 0 Å². The molecule has 108 valence electrons. The number of carbonyl (C=O) groups is 1. The second-order valence-electron chi connectivity index (χ2n) is 4.33. The Bertz CT molecular complexity index is 394. The van der Waals surface area contributed by atoms with Gasteiger partial charge in [0, 0.05) is 23.8 Å². The van der Waals surface area contributed by atoms with Gasteiger partial charge in [0.05, 0.1) is 0 Å². The van der Waals surface area contributed by atoms with Gasteiger partial charge in [0.1, 0.15) is 5.69 Å². The van der Waals surface area contributed by atoms with Crippen LogP contribution in [0.4, 0.5) is 0 Å². The Balaban J connectivity index is 0.00000162. The molecule has 0 radical (unpaired) electrons. The number of aromatic nitrogens is 1. The molecule has 0 atom stereocenters. The lowest BCUT2D eigenvalue weighted by Crippen LogP contribution is -2.40. The fourth-order valence-corrected chi connectivity index (χ4v) is 2.27. The van der Waals surface area contributed by atoms with Crippen LogP contribution in [0.3, 0.4) is 0 Å². The van der Waals surface area contributed by atoms with E-state index in [2.05, 4.69) is 20.9 Å². The standard InChI is InChI=1S/C12H16BrN3O.2ClH/c13-10-1-2-11(15-8-10)12(17)16-5-3-9(7-14)4-6-16;;/h1-2,8-9H,3-7,14H2;2*1H. The Morgan fingerprint density at radius 1 is 1.37 bits per heavy atom. The van der Waals surface area contributed by atoms with Crippen LogP contribution in [-0.4, -0.2) is 35.4 Å². The quantitative estimate of drug-likeness (QED) is 0.869. The predicted octanol–water partition coefficient (Wildman–Crippen LogP) is 2.50. The SMILES string of the molecule is Cl.Cl.NCC1CCN(C(=O)c2ccc(Br)cn2)CC1. The number of pyridine rings is 1. The minimum absolute atomic E-state index is 0. The zero-order valence-corrected chi connectivity index (χ0v) is 13.6. The maximum absolute atomic E-state index is 12.1. The average molecular weight is 371 g/mol. The fraction of sp³-hybridized carbons (Fsp3) is 0.500. The number of piperidine rings is 1. The van der Waals surface area contributed by atoms with E-state index in [1.54, 1.807) is 12.3 Å². The third-order valence-electron chi connectivity index (χ3n) is 3.18. The van der Waals surface area contributed by atoms with Crippen LogP contribution < -0.4 is 5.73 Å². The molecule has 1 aliphatic heterocycles. The van der Waals surface area contributed by atoms with Crippen molar-refractivity contribution in [1.29, 1.82) is 0 Å². The van der Waals surface area contributed by atoms with Gasteiger partial charge in [-0.05, 0) is 53.4 Å². The van der Waals surface area contributed by atoms with Crippen LogP contribution in [0.5, 0.6) is 0 Å². The topological polar surface area (TPSA) is 59.2 Å². The minimum atomic E-state index is 0. The van der Waals surface area contributed by atoms with Gasteiger partial charge < -0.3 is 10.6 Å². The zero-order chi connectivity index (χ0) is 12.3. The Hall–Kier alpha value is -0.360. The van der Waals surface area contributed by atoms with Crippen LogP contribution in [0.1, 0.15) is 23.3 Å². The number of likely N-dealkylation sites (tertiary alicyclic amines) is 1. The predicted molar refractivity (Wildman–Crippen MR) is 84.1 cm³/mol. The van der Waals surface area contributed by atoms with E-state index >= 15 is 0 Å². The Morgan fingerprint density at radius 2 is 2.00 bits per heavy atom. The molecule has 1 amide bonds. The van der Waals surface area contributed by atoms with Crippen molar-refractivity contribution < 1.29 is 4.79 Å². The van der Waals surface area contributed by atoms with Gasteiger partial charge in [0.15, 0.2) is 0 Å². The summed E-state index contributed by atoms with van der Waals surface area (Å²) in [4.78, 5) is 18.1. The molecule has 0 saturated carbocycles. The van der Waals surface area contributed by atoms with Crippen molar-refractivity contribution in [2.24, 2.45) is 11.7 Å². The number of hydrogen-bond donors (Lipinski definition) is 1. The lowest BCUT2D eigenvalue weighted by molar-refractivity contribution is 0.0687. The highest BCUT2D eigenvalue weighted by atomic mass is 79.9. The summed E-state index contributed by atoms with van der Waals surface area (Å²) < 4.78 is 0.885. The van der Waals surface area contributed by atoms with Crippen LogP contribution >= 0.6 is 40.7 Å². The minimum Gasteiger partial charge on any atom is -0.337 e. The maximum Gasteiger partial charge on any atom is 0.272 e. The van der Waals surface area contributed by atoms with Gasteiger partial charge in [-0.1, -0.05) is 0 Å². The normalized spacial score (nSPS) is 15.4. The first kappa shape index (κ1) is 18.6. The molecule has 1 fully saturated rings. The molecule has 1 aliphatic rings. The van der Waals surface area contributed by atoms with Crippen LogP contribution in [0.15, 0.2) is 22.8 Å². The summed E-state index contributed by atoms with van der Waals surface area (Å²) in [6.07, 6.45) is 3.65. The maximum atomic E-state index is 12.1. The largest absolute Gasteiger partial charge is 0.337 e. The van der Waals surface area contributed by atoms with Crippen LogP contribution in [0.2, 0.25) is 0 Å². The number of rotatable bonds is 2. The summed E-state index contributed by atoms with van der Waals surface area (Å²) in [6.45, 7) is 2.30. The number of nitrogens with two attached hydrogens (primary N) is 1. The average Bonchev–Trinajstić information content (AvgIpc) is 2.39. The molecule has 1 aromatic heterocycles. The molecule has 0 spiro atoms. The molecule has 0 aliphatic carbocycles. The molecule has 2 heterocycles. The summed E-state index contributed by atoms with van der Waals surface area (Å²) in [5, 5.41) is 0. The van der Waals surface area contributed by atoms with E-state index < -0.39 is 0 Å². The van der Waals surface area contributed by atoms with Crippen molar-refractivity contribution >= 4 is 46.7 Å². The number of hydrogen-bond acceptors (Lipinski definition) is 3. The molecule has 4 nitrogen and oxygen atoms in total. The monoisotopic (exact) mass is 369 g/mol. The Labute approximate surface area is 134 Å². The van der Waals surface area contributed by atoms with Gasteiger partial charge in [0.25, 0.3) is 5.91 Å². The van der Waals surface area contributed by atoms with Crippen molar-refractivity contribution in [2.45, 2.75) is 12.8 Å². The van der Waals surface area contributed by atoms with E-state index in [1.807, 2.05) is 11.0 Å². The number of halogens is 3. The first-order valence-electron chi connectivity index (χ1n) is 5.81. The van der Waals surface area contributed by atoms with Crippen molar-refractivity contribution in [1.82, 2.24) is 9.88 Å². The first-order valence-corrected chi connectivity index (χ1v) is 6.61. The summed E-state index contributed by atoms with van der Waals surface area (Å²) in [5.74, 6) is 0.588. The second-order valence-corrected chi connectivity index (χ2v) is 5.25. The third-order valence-corrected chi connectivity index (χ3v) is 3.65. The number of nitrogens with zero attached hydrogens (tertiary/aromatic N) is 2. The van der Waals surface area contributed by atoms with Crippen molar-refractivity contribution in [2.75, 3.05) is 19.6 Å². The van der Waals surface area contributed by atoms with E-state index in [4.69, 9.17) is 5.73 Å². The number of amides is 1. The highest BCUT2D eigenvalue weighted by molar-refractivity contribution is 9.10. The van der Waals surface area contributed by atoms with Gasteiger partial charge in [0.2, 0.25) is 0 Å². The molecule has 0 bridgehead atoms. The molecule has 0 aromatic carbocycles. The number of carbonyl (C=O) groups excluding carboxylic acids is 1. The van der Waals surface area contributed by atoms with E-state index in [-0.39, 0.29) is 30.7 Å². The van der Waals surface area contributed by atoms with E-state index in [0.717, 1.165) is 36.9 Å². The fourth-order valence-electron chi connectivity index (χ4n) is 2.04. The van der Waals surface area contributed by atoms with E-state index in [9.17, 15) is 4.79 Å². The van der Waals surface area contributed by atoms with Gasteiger partial charge >= 0.3 is 0 Å². The van der Waals surface area contributed by atoms with Crippen molar-refractivity contribution in [3.05, 3.63) is 28.5 Å². The smallest absolute Gasteiger partial charge is 0.272 e. The molecule has 7 heteroatoms. The van der Waals surface area contributed by atoms with Crippen LogP contribution in [0.25, 0.3) is 0 Å².